The summed E-state index contributed by atoms with van der Waals surface area (Å²) < 4.78 is 5.55. The number of carbonyl (C=O) groups excluding carboxylic acids is 3. The molecule has 2 aromatic rings. The smallest absolute Gasteiger partial charge is 0.410 e. The summed E-state index contributed by atoms with van der Waals surface area (Å²) in [6.07, 6.45) is -0.143. The molecule has 1 saturated heterocycles. The van der Waals surface area contributed by atoms with E-state index in [-0.39, 0.29) is 12.5 Å². The molecule has 1 fully saturated rings. The number of amides is 3. The highest BCUT2D eigenvalue weighted by Crippen LogP contribution is 2.33. The van der Waals surface area contributed by atoms with E-state index in [0.29, 0.717) is 29.1 Å². The molecule has 1 aliphatic heterocycles. The Labute approximate surface area is 216 Å². The lowest BCUT2D eigenvalue weighted by Crippen LogP contribution is -2.52. The number of likely N-dealkylation sites (tertiary alicyclic amines) is 1. The fraction of sp³-hybridized carbons (Fsp3) is 0.407. The van der Waals surface area contributed by atoms with Gasteiger partial charge in [0.05, 0.1) is 11.6 Å². The zero-order valence-corrected chi connectivity index (χ0v) is 21.6. The summed E-state index contributed by atoms with van der Waals surface area (Å²) in [5, 5.41) is 15.0. The Morgan fingerprint density at radius 2 is 1.89 bits per heavy atom. The Balaban J connectivity index is 1.67. The number of nitrogens with zero attached hydrogens (tertiary/aromatic N) is 2. The number of hydrogen-bond acceptors (Lipinski definition) is 5. The Hall–Kier alpha value is -3.57. The highest BCUT2D eigenvalue weighted by atomic mass is 35.5. The number of rotatable bonds is 6. The number of benzene rings is 2. The summed E-state index contributed by atoms with van der Waals surface area (Å²) in [7, 11) is 0. The van der Waals surface area contributed by atoms with Crippen LogP contribution in [0, 0.1) is 11.3 Å². The van der Waals surface area contributed by atoms with Crippen molar-refractivity contribution in [1.82, 2.24) is 15.5 Å². The lowest BCUT2D eigenvalue weighted by atomic mass is 9.96. The van der Waals surface area contributed by atoms with Crippen LogP contribution in [0.15, 0.2) is 48.5 Å². The van der Waals surface area contributed by atoms with E-state index in [4.69, 9.17) is 21.6 Å². The van der Waals surface area contributed by atoms with Crippen molar-refractivity contribution in [3.05, 3.63) is 70.2 Å². The molecule has 2 N–H and O–H groups in total. The van der Waals surface area contributed by atoms with Gasteiger partial charge in [-0.25, -0.2) is 4.79 Å². The second-order valence-corrected chi connectivity index (χ2v) is 10.3. The minimum absolute atomic E-state index is 0.0317. The number of hydrogen-bond donors (Lipinski definition) is 2. The van der Waals surface area contributed by atoms with Crippen molar-refractivity contribution >= 4 is 29.5 Å². The highest BCUT2D eigenvalue weighted by molar-refractivity contribution is 6.30. The van der Waals surface area contributed by atoms with Crippen molar-refractivity contribution in [2.45, 2.75) is 64.3 Å². The van der Waals surface area contributed by atoms with Gasteiger partial charge in [-0.05, 0) is 63.4 Å². The van der Waals surface area contributed by atoms with E-state index in [0.717, 1.165) is 5.56 Å². The standard InChI is InChI=1S/C27H31ClN4O4/c1-17(24(33)30-15-19-10-18(14-29)11-22(28)12-19)31-25(34)23-13-21(20-8-6-5-7-9-20)16-32(23)26(35)36-27(2,3)4/h5-12,17,21,23H,13,15-16H2,1-4H3,(H,30,33)(H,31,34)/t17-,21-,23+/m0/s1. The van der Waals surface area contributed by atoms with Crippen LogP contribution >= 0.6 is 11.6 Å². The Morgan fingerprint density at radius 3 is 2.53 bits per heavy atom. The maximum Gasteiger partial charge on any atom is 0.410 e. The van der Waals surface area contributed by atoms with Crippen LogP contribution in [-0.2, 0) is 20.9 Å². The molecule has 36 heavy (non-hydrogen) atoms. The predicted molar refractivity (Wildman–Crippen MR) is 136 cm³/mol. The van der Waals surface area contributed by atoms with Crippen molar-refractivity contribution in [3.8, 4) is 6.07 Å². The third-order valence-corrected chi connectivity index (χ3v) is 6.03. The Morgan fingerprint density at radius 1 is 1.19 bits per heavy atom. The summed E-state index contributed by atoms with van der Waals surface area (Å²) in [6, 6.07) is 14.9. The van der Waals surface area contributed by atoms with Gasteiger partial charge in [-0.1, -0.05) is 41.9 Å². The van der Waals surface area contributed by atoms with Crippen molar-refractivity contribution < 1.29 is 19.1 Å². The molecule has 3 rings (SSSR count). The highest BCUT2D eigenvalue weighted by Gasteiger charge is 2.42. The molecule has 0 unspecified atom stereocenters. The average molecular weight is 511 g/mol. The van der Waals surface area contributed by atoms with E-state index >= 15 is 0 Å². The molecule has 0 saturated carbocycles. The van der Waals surface area contributed by atoms with Gasteiger partial charge in [0.15, 0.2) is 0 Å². The first kappa shape index (κ1) is 27.0. The van der Waals surface area contributed by atoms with Gasteiger partial charge in [0.1, 0.15) is 17.7 Å². The van der Waals surface area contributed by atoms with E-state index in [1.54, 1.807) is 39.8 Å². The molecule has 0 aliphatic carbocycles. The molecule has 9 heteroatoms. The fourth-order valence-electron chi connectivity index (χ4n) is 4.11. The molecular formula is C27H31ClN4O4. The molecule has 1 aliphatic rings. The maximum atomic E-state index is 13.2. The minimum Gasteiger partial charge on any atom is -0.444 e. The molecule has 3 amide bonds. The van der Waals surface area contributed by atoms with Crippen LogP contribution in [0.5, 0.6) is 0 Å². The normalized spacial score (nSPS) is 18.2. The van der Waals surface area contributed by atoms with Crippen molar-refractivity contribution in [2.24, 2.45) is 0 Å². The number of halogens is 1. The van der Waals surface area contributed by atoms with Crippen molar-refractivity contribution in [2.75, 3.05) is 6.54 Å². The largest absolute Gasteiger partial charge is 0.444 e. The molecule has 2 aromatic carbocycles. The number of carbonyl (C=O) groups is 3. The maximum absolute atomic E-state index is 13.2. The second-order valence-electron chi connectivity index (χ2n) is 9.90. The van der Waals surface area contributed by atoms with Crippen LogP contribution in [0.25, 0.3) is 0 Å². The lowest BCUT2D eigenvalue weighted by Gasteiger charge is -2.28. The molecule has 8 nitrogen and oxygen atoms in total. The fourth-order valence-corrected chi connectivity index (χ4v) is 4.37. The van der Waals surface area contributed by atoms with Gasteiger partial charge in [-0.2, -0.15) is 5.26 Å². The van der Waals surface area contributed by atoms with Gasteiger partial charge in [0.2, 0.25) is 11.8 Å². The third kappa shape index (κ3) is 7.22. The molecule has 190 valence electrons. The van der Waals surface area contributed by atoms with Gasteiger partial charge in [-0.3, -0.25) is 14.5 Å². The molecule has 0 radical (unpaired) electrons. The second kappa shape index (κ2) is 11.4. The van der Waals surface area contributed by atoms with Gasteiger partial charge in [0, 0.05) is 24.0 Å². The SMILES string of the molecule is C[C@H](NC(=O)[C@H]1C[C@H](c2ccccc2)CN1C(=O)OC(C)(C)C)C(=O)NCc1cc(Cl)cc(C#N)c1. The van der Waals surface area contributed by atoms with E-state index < -0.39 is 35.6 Å². The van der Waals surface area contributed by atoms with Crippen LogP contribution in [-0.4, -0.2) is 47.0 Å². The first-order valence-corrected chi connectivity index (χ1v) is 12.2. The van der Waals surface area contributed by atoms with E-state index in [1.165, 1.54) is 11.0 Å². The molecule has 0 bridgehead atoms. The zero-order chi connectivity index (χ0) is 26.5. The minimum atomic E-state index is -0.844. The van der Waals surface area contributed by atoms with Gasteiger partial charge < -0.3 is 15.4 Å². The van der Waals surface area contributed by atoms with E-state index in [9.17, 15) is 14.4 Å². The molecule has 3 atom stereocenters. The van der Waals surface area contributed by atoms with Crippen LogP contribution in [0.2, 0.25) is 5.02 Å². The van der Waals surface area contributed by atoms with Crippen molar-refractivity contribution in [3.63, 3.8) is 0 Å². The summed E-state index contributed by atoms with van der Waals surface area (Å²) in [4.78, 5) is 40.3. The van der Waals surface area contributed by atoms with Gasteiger partial charge in [0.25, 0.3) is 0 Å². The topological polar surface area (TPSA) is 112 Å². The molecule has 0 spiro atoms. The van der Waals surface area contributed by atoms with Gasteiger partial charge >= 0.3 is 6.09 Å². The van der Waals surface area contributed by atoms with Crippen LogP contribution < -0.4 is 10.6 Å². The van der Waals surface area contributed by atoms with E-state index in [2.05, 4.69) is 10.6 Å². The zero-order valence-electron chi connectivity index (χ0n) is 20.9. The van der Waals surface area contributed by atoms with Crippen LogP contribution in [0.4, 0.5) is 4.79 Å². The Bertz CT molecular complexity index is 1160. The molecule has 0 aromatic heterocycles. The van der Waals surface area contributed by atoms with Crippen molar-refractivity contribution in [1.29, 1.82) is 5.26 Å². The number of nitrogens with one attached hydrogen (secondary N) is 2. The van der Waals surface area contributed by atoms with Crippen LogP contribution in [0.3, 0.4) is 0 Å². The third-order valence-electron chi connectivity index (χ3n) is 5.81. The number of ether oxygens (including phenoxy) is 1. The van der Waals surface area contributed by atoms with Gasteiger partial charge in [-0.15, -0.1) is 0 Å². The quantitative estimate of drug-likeness (QED) is 0.607. The summed E-state index contributed by atoms with van der Waals surface area (Å²) >= 11 is 6.02. The lowest BCUT2D eigenvalue weighted by molar-refractivity contribution is -0.131. The predicted octanol–water partition coefficient (Wildman–Crippen LogP) is 4.13. The summed E-state index contributed by atoms with van der Waals surface area (Å²) in [5.41, 5.74) is 1.39. The Kier molecular flexibility index (Phi) is 8.59. The average Bonchev–Trinajstić information content (AvgIpc) is 3.27. The molecule has 1 heterocycles. The first-order valence-electron chi connectivity index (χ1n) is 11.8. The first-order chi connectivity index (χ1) is 17.0. The van der Waals surface area contributed by atoms with E-state index in [1.807, 2.05) is 36.4 Å². The van der Waals surface area contributed by atoms with Crippen LogP contribution in [0.1, 0.15) is 56.7 Å². The molecular weight excluding hydrogens is 480 g/mol. The monoisotopic (exact) mass is 510 g/mol. The number of nitriles is 1. The summed E-state index contributed by atoms with van der Waals surface area (Å²) in [5.74, 6) is -0.851. The summed E-state index contributed by atoms with van der Waals surface area (Å²) in [6.45, 7) is 7.39.